The Labute approximate surface area is 50.6 Å². The second kappa shape index (κ2) is 1.51. The predicted octanol–water partition coefficient (Wildman–Crippen LogP) is 0.618. The fourth-order valence-corrected chi connectivity index (χ4v) is 0.616. The second-order valence-corrected chi connectivity index (χ2v) is 1.54. The van der Waals surface area contributed by atoms with Crippen LogP contribution in [-0.2, 0) is 0 Å². The van der Waals surface area contributed by atoms with Crippen molar-refractivity contribution in [3.8, 4) is 0 Å². The lowest BCUT2D eigenvalue weighted by atomic mass is 10.7. The number of aromatic nitrogens is 3. The quantitative estimate of drug-likeness (QED) is 0.512. The molecule has 0 aromatic carbocycles. The molecule has 0 bridgehead atoms. The molecule has 0 saturated carbocycles. The molecule has 2 aromatic rings. The van der Waals surface area contributed by atoms with Gasteiger partial charge in [-0.15, -0.1) is 0 Å². The summed E-state index contributed by atoms with van der Waals surface area (Å²) in [6, 6.07) is 0. The first kappa shape index (κ1) is 4.43. The molecule has 4 heteroatoms. The van der Waals surface area contributed by atoms with Gasteiger partial charge in [0.25, 0.3) is 5.71 Å². The Morgan fingerprint density at radius 3 is 2.89 bits per heavy atom. The molecule has 2 aromatic heterocycles. The van der Waals surface area contributed by atoms with Gasteiger partial charge in [0.05, 0.1) is 0 Å². The van der Waals surface area contributed by atoms with Gasteiger partial charge >= 0.3 is 0 Å². The average molecular weight is 121 g/mol. The molecule has 0 spiro atoms. The lowest BCUT2D eigenvalue weighted by Gasteiger charge is -1.78. The maximum atomic E-state index is 4.83. The molecule has 0 aliphatic rings. The van der Waals surface area contributed by atoms with Crippen molar-refractivity contribution in [2.45, 2.75) is 0 Å². The van der Waals surface area contributed by atoms with Gasteiger partial charge in [-0.2, -0.15) is 4.98 Å². The van der Waals surface area contributed by atoms with Crippen LogP contribution in [-0.4, -0.2) is 15.0 Å². The molecule has 2 heterocycles. The molecule has 0 N–H and O–H groups in total. The van der Waals surface area contributed by atoms with Crippen LogP contribution in [0.1, 0.15) is 0 Å². The van der Waals surface area contributed by atoms with Gasteiger partial charge in [0.1, 0.15) is 0 Å². The summed E-state index contributed by atoms with van der Waals surface area (Å²) in [4.78, 5) is 11.5. The lowest BCUT2D eigenvalue weighted by molar-refractivity contribution is 0.590. The topological polar surface area (TPSA) is 51.8 Å². The minimum Gasteiger partial charge on any atom is -0.424 e. The van der Waals surface area contributed by atoms with Crippen molar-refractivity contribution < 1.29 is 4.42 Å². The monoisotopic (exact) mass is 121 g/mol. The summed E-state index contributed by atoms with van der Waals surface area (Å²) >= 11 is 0. The molecule has 0 aliphatic heterocycles. The van der Waals surface area contributed by atoms with Gasteiger partial charge in [-0.25, -0.2) is 9.97 Å². The van der Waals surface area contributed by atoms with E-state index < -0.39 is 0 Å². The predicted molar refractivity (Wildman–Crippen MR) is 29.6 cm³/mol. The summed E-state index contributed by atoms with van der Waals surface area (Å²) in [5, 5.41) is 0. The van der Waals surface area contributed by atoms with E-state index in [-0.39, 0.29) is 0 Å². The van der Waals surface area contributed by atoms with Crippen molar-refractivity contribution in [1.29, 1.82) is 0 Å². The van der Waals surface area contributed by atoms with E-state index in [1.807, 2.05) is 0 Å². The van der Waals surface area contributed by atoms with Gasteiger partial charge in [0, 0.05) is 12.4 Å². The number of rotatable bonds is 0. The molecule has 0 atom stereocenters. The number of hydrogen-bond donors (Lipinski definition) is 0. The Kier molecular flexibility index (Phi) is 0.745. The molecular formula is C5H3N3O. The number of oxazole rings is 1. The minimum absolute atomic E-state index is 0.484. The zero-order valence-electron chi connectivity index (χ0n) is 4.48. The van der Waals surface area contributed by atoms with E-state index in [9.17, 15) is 0 Å². The van der Waals surface area contributed by atoms with Crippen LogP contribution < -0.4 is 0 Å². The normalized spacial score (nSPS) is 10.2. The first-order chi connectivity index (χ1) is 4.47. The number of hydrogen-bond acceptors (Lipinski definition) is 4. The molecule has 0 unspecified atom stereocenters. The Hall–Kier alpha value is -1.45. The third-order valence-corrected chi connectivity index (χ3v) is 0.986. The minimum atomic E-state index is 0.484. The highest BCUT2D eigenvalue weighted by Gasteiger charge is 1.94. The molecule has 9 heavy (non-hydrogen) atoms. The number of fused-ring (bicyclic) bond motifs is 1. The summed E-state index contributed by atoms with van der Waals surface area (Å²) in [5.74, 6) is 0. The van der Waals surface area contributed by atoms with E-state index in [1.54, 1.807) is 12.4 Å². The van der Waals surface area contributed by atoms with E-state index >= 15 is 0 Å². The van der Waals surface area contributed by atoms with Gasteiger partial charge < -0.3 is 4.42 Å². The SMILES string of the molecule is c1cnc2ocnc2n1. The molecule has 0 aliphatic carbocycles. The van der Waals surface area contributed by atoms with Crippen molar-refractivity contribution in [2.75, 3.05) is 0 Å². The van der Waals surface area contributed by atoms with Crippen LogP contribution >= 0.6 is 0 Å². The van der Waals surface area contributed by atoms with Crippen molar-refractivity contribution in [2.24, 2.45) is 0 Å². The fourth-order valence-electron chi connectivity index (χ4n) is 0.616. The molecule has 44 valence electrons. The maximum absolute atomic E-state index is 4.83. The smallest absolute Gasteiger partial charge is 0.266 e. The standard InChI is InChI=1S/C5H3N3O/c1-2-7-5-4(6-1)8-3-9-5/h1-3H. The van der Waals surface area contributed by atoms with Crippen LogP contribution in [0, 0.1) is 0 Å². The first-order valence-electron chi connectivity index (χ1n) is 2.47. The van der Waals surface area contributed by atoms with E-state index in [2.05, 4.69) is 15.0 Å². The Morgan fingerprint density at radius 1 is 1.11 bits per heavy atom. The van der Waals surface area contributed by atoms with E-state index in [4.69, 9.17) is 4.42 Å². The molecule has 0 amide bonds. The van der Waals surface area contributed by atoms with E-state index in [1.165, 1.54) is 6.39 Å². The summed E-state index contributed by atoms with van der Waals surface area (Å²) < 4.78 is 4.83. The third kappa shape index (κ3) is 0.561. The Bertz CT molecular complexity index is 286. The van der Waals surface area contributed by atoms with Crippen LogP contribution in [0.3, 0.4) is 0 Å². The molecule has 0 radical (unpaired) electrons. The third-order valence-electron chi connectivity index (χ3n) is 0.986. The summed E-state index contributed by atoms with van der Waals surface area (Å²) in [7, 11) is 0. The van der Waals surface area contributed by atoms with Crippen molar-refractivity contribution in [3.05, 3.63) is 18.8 Å². The van der Waals surface area contributed by atoms with Crippen LogP contribution in [0.5, 0.6) is 0 Å². The average Bonchev–Trinajstić information content (AvgIpc) is 2.33. The zero-order valence-corrected chi connectivity index (χ0v) is 4.48. The highest BCUT2D eigenvalue weighted by atomic mass is 16.3. The van der Waals surface area contributed by atoms with Gasteiger partial charge in [-0.05, 0) is 0 Å². The molecule has 0 saturated heterocycles. The van der Waals surface area contributed by atoms with Crippen LogP contribution in [0.4, 0.5) is 0 Å². The summed E-state index contributed by atoms with van der Waals surface area (Å²) in [6.45, 7) is 0. The van der Waals surface area contributed by atoms with Crippen molar-refractivity contribution in [3.63, 3.8) is 0 Å². The van der Waals surface area contributed by atoms with Crippen LogP contribution in [0.15, 0.2) is 23.2 Å². The maximum Gasteiger partial charge on any atom is 0.266 e. The second-order valence-electron chi connectivity index (χ2n) is 1.54. The molecule has 2 rings (SSSR count). The Balaban J connectivity index is 2.95. The van der Waals surface area contributed by atoms with Gasteiger partial charge in [-0.3, -0.25) is 0 Å². The van der Waals surface area contributed by atoms with Gasteiger partial charge in [0.2, 0.25) is 5.65 Å². The highest BCUT2D eigenvalue weighted by molar-refractivity contribution is 5.60. The van der Waals surface area contributed by atoms with Crippen LogP contribution in [0.25, 0.3) is 11.4 Å². The number of nitrogens with zero attached hydrogens (tertiary/aromatic N) is 3. The first-order valence-corrected chi connectivity index (χ1v) is 2.47. The molecule has 0 fully saturated rings. The fraction of sp³-hybridized carbons (Fsp3) is 0. The van der Waals surface area contributed by atoms with E-state index in [0.717, 1.165) is 0 Å². The molecule has 4 nitrogen and oxygen atoms in total. The summed E-state index contributed by atoms with van der Waals surface area (Å²) in [6.07, 6.45) is 4.46. The van der Waals surface area contributed by atoms with E-state index in [0.29, 0.717) is 11.4 Å². The van der Waals surface area contributed by atoms with Gasteiger partial charge in [0.15, 0.2) is 6.39 Å². The summed E-state index contributed by atoms with van der Waals surface area (Å²) in [5.41, 5.74) is 1.04. The highest BCUT2D eigenvalue weighted by Crippen LogP contribution is 2.01. The lowest BCUT2D eigenvalue weighted by Crippen LogP contribution is -1.75. The van der Waals surface area contributed by atoms with Crippen molar-refractivity contribution >= 4 is 11.4 Å². The zero-order chi connectivity index (χ0) is 6.10. The largest absolute Gasteiger partial charge is 0.424 e. The molecular weight excluding hydrogens is 118 g/mol. The van der Waals surface area contributed by atoms with Crippen LogP contribution in [0.2, 0.25) is 0 Å². The van der Waals surface area contributed by atoms with Gasteiger partial charge in [-0.1, -0.05) is 0 Å². The van der Waals surface area contributed by atoms with Crippen molar-refractivity contribution in [1.82, 2.24) is 15.0 Å². The Morgan fingerprint density at radius 2 is 2.00 bits per heavy atom.